The molecule has 0 aromatic rings. The molecule has 0 radical (unpaired) electrons. The van der Waals surface area contributed by atoms with E-state index in [1.165, 1.54) is 154 Å². The number of carboxylic acids is 1. The van der Waals surface area contributed by atoms with Crippen LogP contribution in [0.15, 0.2) is 24.3 Å². The van der Waals surface area contributed by atoms with Crippen molar-refractivity contribution in [3.05, 3.63) is 24.3 Å². The van der Waals surface area contributed by atoms with Crippen molar-refractivity contribution in [1.29, 1.82) is 0 Å². The summed E-state index contributed by atoms with van der Waals surface area (Å²) in [6.45, 7) is 5.97. The number of rotatable bonds is 52. The second kappa shape index (κ2) is 50.0. The third-order valence-corrected chi connectivity index (χ3v) is 14.0. The van der Waals surface area contributed by atoms with E-state index in [1.807, 2.05) is 0 Å². The van der Waals surface area contributed by atoms with E-state index >= 15 is 0 Å². The van der Waals surface area contributed by atoms with Crippen molar-refractivity contribution in [2.45, 2.75) is 327 Å². The van der Waals surface area contributed by atoms with Crippen LogP contribution in [0.4, 0.5) is 0 Å². The zero-order valence-electron chi connectivity index (χ0n) is 46.9. The summed E-state index contributed by atoms with van der Waals surface area (Å²) in [5.74, 6) is -3.10. The first-order chi connectivity index (χ1) is 35.6. The summed E-state index contributed by atoms with van der Waals surface area (Å²) in [7, 11) is 0. The largest absolute Gasteiger partial charge is 0.479 e. The fourth-order valence-electron chi connectivity index (χ4n) is 9.34. The summed E-state index contributed by atoms with van der Waals surface area (Å²) in [5, 5.41) is 31.5. The van der Waals surface area contributed by atoms with E-state index in [0.29, 0.717) is 19.3 Å². The van der Waals surface area contributed by atoms with Crippen LogP contribution in [0.3, 0.4) is 0 Å². The summed E-state index contributed by atoms with van der Waals surface area (Å²) in [6, 6.07) is 0. The minimum Gasteiger partial charge on any atom is -0.479 e. The summed E-state index contributed by atoms with van der Waals surface area (Å²) >= 11 is 0. The van der Waals surface area contributed by atoms with E-state index in [0.717, 1.165) is 77.0 Å². The number of esters is 3. The summed E-state index contributed by atoms with van der Waals surface area (Å²) < 4.78 is 28.4. The molecule has 1 saturated heterocycles. The maximum absolute atomic E-state index is 13.1. The number of aliphatic carboxylic acids is 1. The molecule has 73 heavy (non-hydrogen) atoms. The highest BCUT2D eigenvalue weighted by atomic mass is 16.7. The molecule has 12 heteroatoms. The van der Waals surface area contributed by atoms with Crippen molar-refractivity contribution in [1.82, 2.24) is 0 Å². The minimum atomic E-state index is -1.90. The van der Waals surface area contributed by atoms with Crippen LogP contribution in [0.25, 0.3) is 0 Å². The fraction of sp³-hybridized carbons (Fsp3) is 0.869. The van der Waals surface area contributed by atoms with Crippen LogP contribution in [-0.2, 0) is 42.9 Å². The number of hydrogen-bond acceptors (Lipinski definition) is 11. The van der Waals surface area contributed by atoms with Gasteiger partial charge in [0.1, 0.15) is 18.8 Å². The van der Waals surface area contributed by atoms with Gasteiger partial charge in [0, 0.05) is 19.3 Å². The summed E-state index contributed by atoms with van der Waals surface area (Å²) in [5.41, 5.74) is 0. The van der Waals surface area contributed by atoms with Gasteiger partial charge in [0.2, 0.25) is 0 Å². The van der Waals surface area contributed by atoms with Crippen LogP contribution in [0, 0.1) is 0 Å². The van der Waals surface area contributed by atoms with Crippen LogP contribution < -0.4 is 0 Å². The van der Waals surface area contributed by atoms with Gasteiger partial charge in [-0.2, -0.15) is 0 Å². The highest BCUT2D eigenvalue weighted by molar-refractivity contribution is 5.74. The molecule has 6 unspecified atom stereocenters. The fourth-order valence-corrected chi connectivity index (χ4v) is 9.34. The molecule has 6 atom stereocenters. The van der Waals surface area contributed by atoms with Gasteiger partial charge < -0.3 is 39.0 Å². The van der Waals surface area contributed by atoms with Gasteiger partial charge in [-0.15, -0.1) is 0 Å². The van der Waals surface area contributed by atoms with E-state index in [9.17, 15) is 34.5 Å². The van der Waals surface area contributed by atoms with Crippen molar-refractivity contribution in [2.24, 2.45) is 0 Å². The summed E-state index contributed by atoms with van der Waals surface area (Å²) in [6.07, 6.45) is 44.4. The van der Waals surface area contributed by atoms with Crippen molar-refractivity contribution < 1.29 is 58.2 Å². The lowest BCUT2D eigenvalue weighted by atomic mass is 9.98. The lowest BCUT2D eigenvalue weighted by Gasteiger charge is -2.40. The number of unbranched alkanes of at least 4 members (excludes halogenated alkanes) is 34. The van der Waals surface area contributed by atoms with Crippen LogP contribution in [-0.4, -0.2) is 89.2 Å². The molecule has 0 bridgehead atoms. The maximum atomic E-state index is 13.1. The third-order valence-electron chi connectivity index (χ3n) is 14.0. The standard InChI is InChI=1S/C61H110O12/c1-4-7-10-13-16-19-21-23-25-27-29-31-33-36-38-41-44-47-53(62)69-50-52(71-54(63)48-45-42-39-35-18-15-12-9-6-3)51-70-61-59(57(66)56(65)58(73-61)60(67)68)72-55(64)49-46-43-40-37-34-32-30-28-26-24-22-20-17-14-11-8-5-2/h16,19,23,25,52,56-59,61,65-66H,4-15,17-18,20-22,24,26-51H2,1-3H3,(H,67,68)/b19-16-,25-23-. The van der Waals surface area contributed by atoms with Crippen LogP contribution >= 0.6 is 0 Å². The van der Waals surface area contributed by atoms with Gasteiger partial charge in [-0.25, -0.2) is 4.79 Å². The molecule has 0 amide bonds. The highest BCUT2D eigenvalue weighted by Gasteiger charge is 2.50. The molecule has 0 spiro atoms. The molecule has 3 N–H and O–H groups in total. The predicted octanol–water partition coefficient (Wildman–Crippen LogP) is 15.5. The van der Waals surface area contributed by atoms with Gasteiger partial charge in [0.25, 0.3) is 0 Å². The molecule has 0 aromatic carbocycles. The molecule has 426 valence electrons. The molecular weight excluding hydrogens is 925 g/mol. The Kier molecular flexibility index (Phi) is 46.8. The topological polar surface area (TPSA) is 175 Å². The smallest absolute Gasteiger partial charge is 0.335 e. The first-order valence-electron chi connectivity index (χ1n) is 30.3. The van der Waals surface area contributed by atoms with E-state index in [-0.39, 0.29) is 25.9 Å². The zero-order chi connectivity index (χ0) is 53.3. The Morgan fingerprint density at radius 1 is 0.452 bits per heavy atom. The molecule has 1 aliphatic rings. The molecule has 1 fully saturated rings. The molecular formula is C61H110O12. The van der Waals surface area contributed by atoms with Crippen LogP contribution in [0.5, 0.6) is 0 Å². The van der Waals surface area contributed by atoms with Crippen molar-refractivity contribution in [3.63, 3.8) is 0 Å². The first kappa shape index (κ1) is 68.2. The molecule has 0 aromatic heterocycles. The van der Waals surface area contributed by atoms with Gasteiger partial charge in [0.05, 0.1) is 6.61 Å². The van der Waals surface area contributed by atoms with E-state index in [4.69, 9.17) is 23.7 Å². The monoisotopic (exact) mass is 1030 g/mol. The molecule has 12 nitrogen and oxygen atoms in total. The molecule has 1 rings (SSSR count). The average molecular weight is 1040 g/mol. The molecule has 1 aliphatic heterocycles. The Hall–Kier alpha value is -2.80. The number of carboxylic acid groups (broad SMARTS) is 1. The number of hydrogen-bond donors (Lipinski definition) is 3. The van der Waals surface area contributed by atoms with Crippen molar-refractivity contribution in [3.8, 4) is 0 Å². The normalized spacial score (nSPS) is 18.4. The zero-order valence-corrected chi connectivity index (χ0v) is 46.9. The number of carbonyl (C=O) groups is 4. The predicted molar refractivity (Wildman–Crippen MR) is 294 cm³/mol. The maximum Gasteiger partial charge on any atom is 0.335 e. The second-order valence-electron chi connectivity index (χ2n) is 21.0. The number of aliphatic hydroxyl groups is 2. The van der Waals surface area contributed by atoms with Gasteiger partial charge in [-0.3, -0.25) is 14.4 Å². The Morgan fingerprint density at radius 2 is 0.822 bits per heavy atom. The number of ether oxygens (including phenoxy) is 5. The van der Waals surface area contributed by atoms with Crippen LogP contribution in [0.1, 0.15) is 290 Å². The van der Waals surface area contributed by atoms with E-state index in [1.54, 1.807) is 0 Å². The number of carbonyl (C=O) groups excluding carboxylic acids is 3. The summed E-state index contributed by atoms with van der Waals surface area (Å²) in [4.78, 5) is 51.0. The highest BCUT2D eigenvalue weighted by Crippen LogP contribution is 2.27. The first-order valence-corrected chi connectivity index (χ1v) is 30.3. The SMILES string of the molecule is CCCCC/C=C\C/C=C\CCCCCCCCCC(=O)OCC(COC1OC(C(=O)O)C(O)C(O)C1OC(=O)CCCCCCCCCCCCCCCCCCC)OC(=O)CCCCCCCCCCC. The molecule has 1 heterocycles. The van der Waals surface area contributed by atoms with Gasteiger partial charge in [-0.1, -0.05) is 244 Å². The van der Waals surface area contributed by atoms with Gasteiger partial charge in [-0.05, 0) is 51.4 Å². The minimum absolute atomic E-state index is 0.0671. The van der Waals surface area contributed by atoms with Crippen molar-refractivity contribution >= 4 is 23.9 Å². The Labute approximate surface area is 445 Å². The Bertz CT molecular complexity index is 1370. The third kappa shape index (κ3) is 40.2. The Morgan fingerprint density at radius 3 is 1.26 bits per heavy atom. The van der Waals surface area contributed by atoms with Gasteiger partial charge in [0.15, 0.2) is 24.6 Å². The van der Waals surface area contributed by atoms with Crippen molar-refractivity contribution in [2.75, 3.05) is 13.2 Å². The van der Waals surface area contributed by atoms with Crippen LogP contribution in [0.2, 0.25) is 0 Å². The van der Waals surface area contributed by atoms with Gasteiger partial charge >= 0.3 is 23.9 Å². The molecule has 0 aliphatic carbocycles. The van der Waals surface area contributed by atoms with E-state index < -0.39 is 67.3 Å². The molecule has 0 saturated carbocycles. The lowest BCUT2D eigenvalue weighted by Crippen LogP contribution is -2.61. The number of aliphatic hydroxyl groups excluding tert-OH is 2. The number of allylic oxidation sites excluding steroid dienone is 4. The average Bonchev–Trinajstić information content (AvgIpc) is 3.37. The Balaban J connectivity index is 2.62. The second-order valence-corrected chi connectivity index (χ2v) is 21.0. The quantitative estimate of drug-likeness (QED) is 0.0228. The van der Waals surface area contributed by atoms with E-state index in [2.05, 4.69) is 45.1 Å². The lowest BCUT2D eigenvalue weighted by molar-refractivity contribution is -0.301.